The fraction of sp³-hybridized carbons (Fsp3) is 0.0196. The second kappa shape index (κ2) is 13.5. The Morgan fingerprint density at radius 3 is 1.37 bits per heavy atom. The summed E-state index contributed by atoms with van der Waals surface area (Å²) >= 11 is 0. The molecule has 0 saturated carbocycles. The third-order valence-electron chi connectivity index (χ3n) is 10.0. The van der Waals surface area contributed by atoms with E-state index in [1.807, 2.05) is 18.2 Å². The zero-order valence-corrected chi connectivity index (χ0v) is 29.0. The van der Waals surface area contributed by atoms with Crippen molar-refractivity contribution >= 4 is 43.5 Å². The highest BCUT2D eigenvalue weighted by Crippen LogP contribution is 2.48. The zero-order valence-electron chi connectivity index (χ0n) is 29.0. The van der Waals surface area contributed by atoms with Crippen LogP contribution >= 0.6 is 0 Å². The molecule has 0 amide bonds. The van der Waals surface area contributed by atoms with Crippen molar-refractivity contribution in [3.63, 3.8) is 0 Å². The summed E-state index contributed by atoms with van der Waals surface area (Å²) in [6.45, 7) is 2.08. The molecule has 0 atom stereocenters. The molecular formula is C51H36O. The molecule has 0 radical (unpaired) electrons. The van der Waals surface area contributed by atoms with E-state index < -0.39 is 0 Å². The maximum atomic E-state index is 6.56. The highest BCUT2D eigenvalue weighted by atomic mass is 16.3. The summed E-state index contributed by atoms with van der Waals surface area (Å²) in [6, 6.07) is 71.1. The molecule has 0 N–H and O–H groups in total. The molecule has 0 unspecified atom stereocenters. The van der Waals surface area contributed by atoms with Gasteiger partial charge < -0.3 is 4.42 Å². The Balaban J connectivity index is 0.000000464. The Labute approximate surface area is 304 Å². The van der Waals surface area contributed by atoms with Gasteiger partial charge in [-0.1, -0.05) is 188 Å². The van der Waals surface area contributed by atoms with Gasteiger partial charge in [-0.3, -0.25) is 0 Å². The maximum absolute atomic E-state index is 6.56. The quantitative estimate of drug-likeness (QED) is 0.171. The molecule has 0 fully saturated rings. The summed E-state index contributed by atoms with van der Waals surface area (Å²) in [7, 11) is 0. The van der Waals surface area contributed by atoms with Gasteiger partial charge in [0.25, 0.3) is 0 Å². The van der Waals surface area contributed by atoms with E-state index in [0.717, 1.165) is 27.5 Å². The van der Waals surface area contributed by atoms with Crippen LogP contribution in [0.5, 0.6) is 0 Å². The Morgan fingerprint density at radius 2 is 0.788 bits per heavy atom. The van der Waals surface area contributed by atoms with Crippen LogP contribution in [0.15, 0.2) is 205 Å². The Morgan fingerprint density at radius 1 is 0.308 bits per heavy atom. The predicted octanol–water partition coefficient (Wildman–Crippen LogP) is 14.6. The lowest BCUT2D eigenvalue weighted by Crippen LogP contribution is -1.93. The van der Waals surface area contributed by atoms with Gasteiger partial charge in [0.15, 0.2) is 0 Å². The summed E-state index contributed by atoms with van der Waals surface area (Å²) in [6.07, 6.45) is 0. The lowest BCUT2D eigenvalue weighted by atomic mass is 9.83. The van der Waals surface area contributed by atoms with Crippen molar-refractivity contribution in [2.24, 2.45) is 0 Å². The average Bonchev–Trinajstić information content (AvgIpc) is 3.60. The minimum Gasteiger partial charge on any atom is -0.456 e. The van der Waals surface area contributed by atoms with Gasteiger partial charge in [-0.15, -0.1) is 0 Å². The van der Waals surface area contributed by atoms with Gasteiger partial charge in [-0.05, 0) is 91.2 Å². The standard InChI is InChI=1S/C44H28O.C7H8/c1-3-14-29(15-4-1)31-26-27-38-41(28-31)45-40-25-13-24-39(44(38)40)43-36-22-11-9-20-34(36)42(35-21-10-12-23-37(35)43)33-19-8-7-18-32(33)30-16-5-2-6-17-30;1-7-5-3-2-4-6-7/h1-28H;2-6H,1H3. The molecule has 0 spiro atoms. The lowest BCUT2D eigenvalue weighted by Gasteiger charge is -2.20. The van der Waals surface area contributed by atoms with Crippen LogP contribution in [-0.2, 0) is 0 Å². The highest BCUT2D eigenvalue weighted by molar-refractivity contribution is 6.26. The maximum Gasteiger partial charge on any atom is 0.136 e. The van der Waals surface area contributed by atoms with Gasteiger partial charge in [0, 0.05) is 10.8 Å². The number of hydrogen-bond donors (Lipinski definition) is 0. The molecule has 0 aliphatic rings. The van der Waals surface area contributed by atoms with Crippen molar-refractivity contribution in [1.82, 2.24) is 0 Å². The number of hydrogen-bond acceptors (Lipinski definition) is 1. The Kier molecular flexibility index (Phi) is 8.15. The number of aryl methyl sites for hydroxylation is 1. The van der Waals surface area contributed by atoms with Crippen LogP contribution < -0.4 is 0 Å². The van der Waals surface area contributed by atoms with Gasteiger partial charge >= 0.3 is 0 Å². The molecule has 52 heavy (non-hydrogen) atoms. The van der Waals surface area contributed by atoms with Gasteiger partial charge in [-0.2, -0.15) is 0 Å². The predicted molar refractivity (Wildman–Crippen MR) is 222 cm³/mol. The largest absolute Gasteiger partial charge is 0.456 e. The summed E-state index contributed by atoms with van der Waals surface area (Å²) in [4.78, 5) is 0. The second-order valence-corrected chi connectivity index (χ2v) is 13.3. The van der Waals surface area contributed by atoms with Gasteiger partial charge in [0.1, 0.15) is 11.2 Å². The number of furan rings is 1. The zero-order chi connectivity index (χ0) is 34.9. The molecule has 0 bridgehead atoms. The first-order valence-corrected chi connectivity index (χ1v) is 17.9. The molecule has 0 saturated heterocycles. The van der Waals surface area contributed by atoms with Crippen LogP contribution in [0.3, 0.4) is 0 Å². The molecule has 1 heterocycles. The second-order valence-electron chi connectivity index (χ2n) is 13.3. The molecule has 9 aromatic carbocycles. The number of rotatable bonds is 4. The van der Waals surface area contributed by atoms with E-state index >= 15 is 0 Å². The van der Waals surface area contributed by atoms with Gasteiger partial charge in [0.05, 0.1) is 0 Å². The summed E-state index contributed by atoms with van der Waals surface area (Å²) in [5.41, 5.74) is 12.8. The van der Waals surface area contributed by atoms with Crippen LogP contribution in [0.25, 0.3) is 88.0 Å². The van der Waals surface area contributed by atoms with E-state index in [2.05, 4.69) is 189 Å². The van der Waals surface area contributed by atoms with E-state index in [1.165, 1.54) is 66.1 Å². The molecule has 1 nitrogen and oxygen atoms in total. The third kappa shape index (κ3) is 5.63. The fourth-order valence-corrected chi connectivity index (χ4v) is 7.66. The molecule has 246 valence electrons. The molecular weight excluding hydrogens is 629 g/mol. The van der Waals surface area contributed by atoms with E-state index in [1.54, 1.807) is 0 Å². The normalized spacial score (nSPS) is 11.2. The fourth-order valence-electron chi connectivity index (χ4n) is 7.66. The SMILES string of the molecule is Cc1ccccc1.c1ccc(-c2ccc3c(c2)oc2cccc(-c4c5ccccc5c(-c5ccccc5-c5ccccc5)c5ccccc45)c23)cc1. The molecule has 1 aromatic heterocycles. The van der Waals surface area contributed by atoms with Gasteiger partial charge in [0.2, 0.25) is 0 Å². The number of benzene rings is 9. The lowest BCUT2D eigenvalue weighted by molar-refractivity contribution is 0.669. The van der Waals surface area contributed by atoms with E-state index in [9.17, 15) is 0 Å². The van der Waals surface area contributed by atoms with Crippen LogP contribution in [-0.4, -0.2) is 0 Å². The Bertz CT molecular complexity index is 2770. The molecule has 10 rings (SSSR count). The van der Waals surface area contributed by atoms with Crippen LogP contribution in [0.2, 0.25) is 0 Å². The first-order valence-electron chi connectivity index (χ1n) is 17.9. The monoisotopic (exact) mass is 664 g/mol. The first-order chi connectivity index (χ1) is 25.7. The summed E-state index contributed by atoms with van der Waals surface area (Å²) in [5.74, 6) is 0. The van der Waals surface area contributed by atoms with Crippen molar-refractivity contribution < 1.29 is 4.42 Å². The minimum absolute atomic E-state index is 0.902. The van der Waals surface area contributed by atoms with Crippen LogP contribution in [0, 0.1) is 6.92 Å². The molecule has 10 aromatic rings. The summed E-state index contributed by atoms with van der Waals surface area (Å²) < 4.78 is 6.56. The smallest absolute Gasteiger partial charge is 0.136 e. The van der Waals surface area contributed by atoms with Crippen molar-refractivity contribution in [3.05, 3.63) is 206 Å². The van der Waals surface area contributed by atoms with Crippen LogP contribution in [0.1, 0.15) is 5.56 Å². The third-order valence-corrected chi connectivity index (χ3v) is 10.0. The van der Waals surface area contributed by atoms with E-state index in [4.69, 9.17) is 4.42 Å². The highest BCUT2D eigenvalue weighted by Gasteiger charge is 2.21. The van der Waals surface area contributed by atoms with Gasteiger partial charge in [-0.25, -0.2) is 0 Å². The van der Waals surface area contributed by atoms with Crippen molar-refractivity contribution in [1.29, 1.82) is 0 Å². The van der Waals surface area contributed by atoms with Crippen molar-refractivity contribution in [2.75, 3.05) is 0 Å². The minimum atomic E-state index is 0.902. The summed E-state index contributed by atoms with van der Waals surface area (Å²) in [5, 5.41) is 7.23. The Hall–Kier alpha value is -6.70. The molecule has 1 heteroatoms. The number of fused-ring (bicyclic) bond motifs is 5. The topological polar surface area (TPSA) is 13.1 Å². The molecule has 0 aliphatic heterocycles. The van der Waals surface area contributed by atoms with E-state index in [-0.39, 0.29) is 0 Å². The van der Waals surface area contributed by atoms with Crippen molar-refractivity contribution in [3.8, 4) is 44.5 Å². The van der Waals surface area contributed by atoms with E-state index in [0.29, 0.717) is 0 Å². The average molecular weight is 665 g/mol. The van der Waals surface area contributed by atoms with Crippen molar-refractivity contribution in [2.45, 2.75) is 6.92 Å². The molecule has 0 aliphatic carbocycles. The first kappa shape index (κ1) is 31.3. The van der Waals surface area contributed by atoms with Crippen LogP contribution in [0.4, 0.5) is 0 Å².